The quantitative estimate of drug-likeness (QED) is 0.339. The summed E-state index contributed by atoms with van der Waals surface area (Å²) in [5, 5.41) is 4.28. The Kier molecular flexibility index (Phi) is 6.51. The standard InChI is InChI=1S/C29H24F3N5O3/c1-16-9-26(40-28-21(30)3-2-4-22(28)31)34-15-25(16)37-29(33)20(14-35-37)27(38)19-10-17-12-23(32)24(13-18(17)11-19)36-5-7-39-8-6-36/h2-4,9-10,12-15H,5-8,11,33H2,1H3. The number of nitrogens with two attached hydrogens (primary N) is 1. The second kappa shape index (κ2) is 10.2. The van der Waals surface area contributed by atoms with E-state index in [-0.39, 0.29) is 28.9 Å². The number of allylic oxidation sites excluding steroid dienone is 1. The summed E-state index contributed by atoms with van der Waals surface area (Å²) in [6.45, 7) is 4.01. The molecule has 2 N–H and O–H groups in total. The number of nitrogen functional groups attached to an aromatic ring is 1. The van der Waals surface area contributed by atoms with Crippen LogP contribution in [-0.2, 0) is 11.2 Å². The monoisotopic (exact) mass is 547 g/mol. The lowest BCUT2D eigenvalue weighted by Gasteiger charge is -2.29. The molecule has 0 amide bonds. The zero-order chi connectivity index (χ0) is 28.0. The van der Waals surface area contributed by atoms with Gasteiger partial charge in [-0.1, -0.05) is 6.07 Å². The van der Waals surface area contributed by atoms with Gasteiger partial charge in [0.2, 0.25) is 11.6 Å². The van der Waals surface area contributed by atoms with Crippen LogP contribution >= 0.6 is 0 Å². The van der Waals surface area contributed by atoms with Crippen LogP contribution in [0.5, 0.6) is 11.6 Å². The van der Waals surface area contributed by atoms with Gasteiger partial charge in [-0.25, -0.2) is 22.8 Å². The number of ketones is 1. The number of hydrogen-bond acceptors (Lipinski definition) is 7. The van der Waals surface area contributed by atoms with Crippen LogP contribution in [0.25, 0.3) is 11.8 Å². The SMILES string of the molecule is Cc1cc(Oc2c(F)cccc2F)ncc1-n1ncc(C(=O)C2=Cc3cc(F)c(N4CCOCC4)cc3C2)c1N. The van der Waals surface area contributed by atoms with Gasteiger partial charge in [0, 0.05) is 31.1 Å². The van der Waals surface area contributed by atoms with Crippen LogP contribution in [0.15, 0.2) is 54.4 Å². The number of rotatable bonds is 6. The molecule has 1 saturated heterocycles. The van der Waals surface area contributed by atoms with E-state index in [0.29, 0.717) is 60.8 Å². The number of fused-ring (bicyclic) bond motifs is 1. The number of para-hydroxylation sites is 1. The number of pyridine rings is 1. The molecule has 4 aromatic rings. The molecule has 0 unspecified atom stereocenters. The third kappa shape index (κ3) is 4.58. The summed E-state index contributed by atoms with van der Waals surface area (Å²) in [4.78, 5) is 19.5. The zero-order valence-electron chi connectivity index (χ0n) is 21.5. The van der Waals surface area contributed by atoms with E-state index in [0.717, 1.165) is 17.7 Å². The zero-order valence-corrected chi connectivity index (χ0v) is 21.5. The maximum atomic E-state index is 14.9. The van der Waals surface area contributed by atoms with Crippen molar-refractivity contribution in [2.45, 2.75) is 13.3 Å². The van der Waals surface area contributed by atoms with Crippen LogP contribution in [-0.4, -0.2) is 46.9 Å². The molecule has 0 spiro atoms. The van der Waals surface area contributed by atoms with Gasteiger partial charge in [0.05, 0.1) is 42.5 Å². The van der Waals surface area contributed by atoms with E-state index in [1.807, 2.05) is 4.90 Å². The van der Waals surface area contributed by atoms with Gasteiger partial charge in [0.25, 0.3) is 0 Å². The molecule has 0 saturated carbocycles. The van der Waals surface area contributed by atoms with E-state index in [1.54, 1.807) is 19.1 Å². The highest BCUT2D eigenvalue weighted by atomic mass is 19.1. The van der Waals surface area contributed by atoms with E-state index in [9.17, 15) is 18.0 Å². The summed E-state index contributed by atoms with van der Waals surface area (Å²) < 4.78 is 54.9. The average molecular weight is 548 g/mol. The highest BCUT2D eigenvalue weighted by Gasteiger charge is 2.27. The number of carbonyl (C=O) groups excluding carboxylic acids is 1. The lowest BCUT2D eigenvalue weighted by Crippen LogP contribution is -2.36. The fourth-order valence-corrected chi connectivity index (χ4v) is 4.93. The molecule has 2 aromatic carbocycles. The van der Waals surface area contributed by atoms with Crippen molar-refractivity contribution in [2.75, 3.05) is 36.9 Å². The normalized spacial score (nSPS) is 14.7. The van der Waals surface area contributed by atoms with Crippen molar-refractivity contribution >= 4 is 23.4 Å². The number of ether oxygens (including phenoxy) is 2. The van der Waals surface area contributed by atoms with Crippen LogP contribution in [0, 0.1) is 24.4 Å². The van der Waals surface area contributed by atoms with Gasteiger partial charge in [-0.15, -0.1) is 0 Å². The van der Waals surface area contributed by atoms with Crippen molar-refractivity contribution in [3.63, 3.8) is 0 Å². The van der Waals surface area contributed by atoms with Crippen LogP contribution in [0.2, 0.25) is 0 Å². The first-order valence-corrected chi connectivity index (χ1v) is 12.6. The van der Waals surface area contributed by atoms with Crippen LogP contribution in [0.4, 0.5) is 24.7 Å². The first-order chi connectivity index (χ1) is 19.3. The summed E-state index contributed by atoms with van der Waals surface area (Å²) >= 11 is 0. The number of halogens is 3. The number of Topliss-reactive ketones (excluding diaryl/α,β-unsaturated/α-hetero) is 1. The molecule has 204 valence electrons. The van der Waals surface area contributed by atoms with Crippen molar-refractivity contribution in [1.82, 2.24) is 14.8 Å². The first kappa shape index (κ1) is 25.6. The third-order valence-electron chi connectivity index (χ3n) is 7.03. The minimum atomic E-state index is -0.855. The van der Waals surface area contributed by atoms with Gasteiger partial charge in [-0.05, 0) is 54.0 Å². The molecule has 0 bridgehead atoms. The van der Waals surface area contributed by atoms with Crippen molar-refractivity contribution in [3.05, 3.63) is 94.1 Å². The lowest BCUT2D eigenvalue weighted by molar-refractivity contribution is 0.103. The van der Waals surface area contributed by atoms with E-state index in [1.165, 1.54) is 35.3 Å². The number of anilines is 2. The fraction of sp³-hybridized carbons (Fsp3) is 0.207. The van der Waals surface area contributed by atoms with E-state index < -0.39 is 17.4 Å². The Bertz CT molecular complexity index is 1660. The van der Waals surface area contributed by atoms with Gasteiger partial charge < -0.3 is 20.1 Å². The molecule has 11 heteroatoms. The Morgan fingerprint density at radius 2 is 1.77 bits per heavy atom. The number of aromatic nitrogens is 3. The second-order valence-electron chi connectivity index (χ2n) is 9.59. The van der Waals surface area contributed by atoms with Gasteiger partial charge in [0.1, 0.15) is 11.6 Å². The molecule has 1 fully saturated rings. The highest BCUT2D eigenvalue weighted by Crippen LogP contribution is 2.34. The Labute approximate surface area is 227 Å². The number of carbonyl (C=O) groups is 1. The number of morpholine rings is 1. The van der Waals surface area contributed by atoms with Gasteiger partial charge in [-0.3, -0.25) is 4.79 Å². The second-order valence-corrected chi connectivity index (χ2v) is 9.59. The van der Waals surface area contributed by atoms with Crippen LogP contribution < -0.4 is 15.4 Å². The van der Waals surface area contributed by atoms with Crippen LogP contribution in [0.1, 0.15) is 27.0 Å². The molecular weight excluding hydrogens is 523 g/mol. The topological polar surface area (TPSA) is 95.5 Å². The van der Waals surface area contributed by atoms with E-state index in [4.69, 9.17) is 15.2 Å². The fourth-order valence-electron chi connectivity index (χ4n) is 4.93. The number of aryl methyl sites for hydroxylation is 1. The smallest absolute Gasteiger partial charge is 0.219 e. The number of nitrogens with zero attached hydrogens (tertiary/aromatic N) is 4. The third-order valence-corrected chi connectivity index (χ3v) is 7.03. The largest absolute Gasteiger partial charge is 0.433 e. The van der Waals surface area contributed by atoms with Crippen molar-refractivity contribution in [1.29, 1.82) is 0 Å². The Morgan fingerprint density at radius 3 is 2.50 bits per heavy atom. The summed E-state index contributed by atoms with van der Waals surface area (Å²) in [6.07, 6.45) is 4.79. The minimum Gasteiger partial charge on any atom is -0.433 e. The predicted molar refractivity (Wildman–Crippen MR) is 142 cm³/mol. The lowest BCUT2D eigenvalue weighted by atomic mass is 10.0. The van der Waals surface area contributed by atoms with E-state index >= 15 is 0 Å². The molecule has 0 atom stereocenters. The predicted octanol–water partition coefficient (Wildman–Crippen LogP) is 5.03. The summed E-state index contributed by atoms with van der Waals surface area (Å²) in [7, 11) is 0. The molecule has 40 heavy (non-hydrogen) atoms. The molecule has 1 aliphatic heterocycles. The molecule has 6 rings (SSSR count). The molecule has 2 aromatic heterocycles. The number of benzene rings is 2. The van der Waals surface area contributed by atoms with Crippen molar-refractivity contribution in [3.8, 4) is 17.3 Å². The first-order valence-electron chi connectivity index (χ1n) is 12.6. The van der Waals surface area contributed by atoms with Crippen molar-refractivity contribution < 1.29 is 27.4 Å². The Balaban J connectivity index is 1.22. The number of hydrogen-bond donors (Lipinski definition) is 1. The molecule has 8 nitrogen and oxygen atoms in total. The highest BCUT2D eigenvalue weighted by molar-refractivity contribution is 6.15. The maximum Gasteiger partial charge on any atom is 0.219 e. The molecule has 0 radical (unpaired) electrons. The minimum absolute atomic E-state index is 0.0233. The maximum absolute atomic E-state index is 14.9. The van der Waals surface area contributed by atoms with Crippen LogP contribution in [0.3, 0.4) is 0 Å². The molecular formula is C29H24F3N5O3. The molecule has 1 aliphatic carbocycles. The van der Waals surface area contributed by atoms with Gasteiger partial charge in [0.15, 0.2) is 17.4 Å². The summed E-state index contributed by atoms with van der Waals surface area (Å²) in [5.41, 5.74) is 10.1. The van der Waals surface area contributed by atoms with Gasteiger partial charge >= 0.3 is 0 Å². The summed E-state index contributed by atoms with van der Waals surface area (Å²) in [6, 6.07) is 8.14. The Hall–Kier alpha value is -4.64. The average Bonchev–Trinajstić information content (AvgIpc) is 3.53. The molecule has 2 aliphatic rings. The van der Waals surface area contributed by atoms with Gasteiger partial charge in [-0.2, -0.15) is 5.10 Å². The Morgan fingerprint density at radius 1 is 1.02 bits per heavy atom. The summed E-state index contributed by atoms with van der Waals surface area (Å²) in [5.74, 6) is -2.85. The van der Waals surface area contributed by atoms with E-state index in [2.05, 4.69) is 10.1 Å². The van der Waals surface area contributed by atoms with Crippen molar-refractivity contribution in [2.24, 2.45) is 0 Å². The molecule has 3 heterocycles.